The van der Waals surface area contributed by atoms with Gasteiger partial charge in [-0.3, -0.25) is 4.79 Å². The van der Waals surface area contributed by atoms with Gasteiger partial charge in [-0.1, -0.05) is 54.8 Å². The Morgan fingerprint density at radius 1 is 1.30 bits per heavy atom. The van der Waals surface area contributed by atoms with Crippen LogP contribution >= 0.6 is 23.4 Å². The van der Waals surface area contributed by atoms with Crippen LogP contribution in [0.3, 0.4) is 0 Å². The number of benzene rings is 1. The molecule has 1 aromatic heterocycles. The van der Waals surface area contributed by atoms with Gasteiger partial charge >= 0.3 is 0 Å². The smallest absolute Gasteiger partial charge is 0.230 e. The van der Waals surface area contributed by atoms with Gasteiger partial charge in [0.25, 0.3) is 0 Å². The van der Waals surface area contributed by atoms with Gasteiger partial charge < -0.3 is 5.32 Å². The highest BCUT2D eigenvalue weighted by Crippen LogP contribution is 2.24. The van der Waals surface area contributed by atoms with Gasteiger partial charge in [0.15, 0.2) is 0 Å². The van der Waals surface area contributed by atoms with E-state index in [-0.39, 0.29) is 5.91 Å². The zero-order valence-corrected chi connectivity index (χ0v) is 14.2. The standard InChI is InChI=1S/C15H18ClN5OS/c16-12-8-4-5-9-13(12)21-15(18-19-20-21)23-10-14(22)17-11-6-2-1-3-7-11/h4-5,8-9,11H,1-3,6-7,10H2,(H,17,22). The number of para-hydroxylation sites is 1. The lowest BCUT2D eigenvalue weighted by Gasteiger charge is -2.22. The minimum absolute atomic E-state index is 0.0237. The molecule has 0 aliphatic heterocycles. The number of hydrogen-bond acceptors (Lipinski definition) is 5. The predicted molar refractivity (Wildman–Crippen MR) is 89.9 cm³/mol. The van der Waals surface area contributed by atoms with E-state index < -0.39 is 0 Å². The van der Waals surface area contributed by atoms with E-state index in [0.29, 0.717) is 27.7 Å². The van der Waals surface area contributed by atoms with Crippen molar-refractivity contribution in [2.45, 2.75) is 43.3 Å². The normalized spacial score (nSPS) is 15.5. The first-order valence-electron chi connectivity index (χ1n) is 7.69. The van der Waals surface area contributed by atoms with Crippen LogP contribution in [0, 0.1) is 0 Å². The Balaban J connectivity index is 1.60. The van der Waals surface area contributed by atoms with Gasteiger partial charge in [-0.2, -0.15) is 4.68 Å². The van der Waals surface area contributed by atoms with Gasteiger partial charge in [0.05, 0.1) is 16.5 Å². The molecule has 1 aliphatic carbocycles. The van der Waals surface area contributed by atoms with E-state index in [1.807, 2.05) is 18.2 Å². The monoisotopic (exact) mass is 351 g/mol. The van der Waals surface area contributed by atoms with E-state index in [0.717, 1.165) is 12.8 Å². The highest BCUT2D eigenvalue weighted by molar-refractivity contribution is 7.99. The number of nitrogens with zero attached hydrogens (tertiary/aromatic N) is 4. The zero-order chi connectivity index (χ0) is 16.1. The number of aromatic nitrogens is 4. The summed E-state index contributed by atoms with van der Waals surface area (Å²) in [4.78, 5) is 12.1. The molecule has 1 heterocycles. The molecule has 1 aliphatic rings. The molecule has 6 nitrogen and oxygen atoms in total. The minimum atomic E-state index is 0.0237. The molecular formula is C15H18ClN5OS. The summed E-state index contributed by atoms with van der Waals surface area (Å²) in [6.45, 7) is 0. The van der Waals surface area contributed by atoms with Crippen LogP contribution in [0.5, 0.6) is 0 Å². The van der Waals surface area contributed by atoms with Crippen molar-refractivity contribution in [1.82, 2.24) is 25.5 Å². The quantitative estimate of drug-likeness (QED) is 0.838. The fourth-order valence-corrected chi connectivity index (χ4v) is 3.60. The zero-order valence-electron chi connectivity index (χ0n) is 12.6. The number of carbonyl (C=O) groups is 1. The maximum atomic E-state index is 12.1. The first kappa shape index (κ1) is 16.3. The molecule has 0 bridgehead atoms. The lowest BCUT2D eigenvalue weighted by Crippen LogP contribution is -2.37. The van der Waals surface area contributed by atoms with E-state index in [9.17, 15) is 4.79 Å². The van der Waals surface area contributed by atoms with E-state index in [4.69, 9.17) is 11.6 Å². The van der Waals surface area contributed by atoms with Crippen LogP contribution in [-0.4, -0.2) is 37.9 Å². The molecule has 23 heavy (non-hydrogen) atoms. The Bertz CT molecular complexity index is 671. The summed E-state index contributed by atoms with van der Waals surface area (Å²) < 4.78 is 1.56. The molecule has 1 saturated carbocycles. The lowest BCUT2D eigenvalue weighted by molar-refractivity contribution is -0.119. The summed E-state index contributed by atoms with van der Waals surface area (Å²) in [6, 6.07) is 7.65. The van der Waals surface area contributed by atoms with Crippen LogP contribution < -0.4 is 5.32 Å². The highest BCUT2D eigenvalue weighted by Gasteiger charge is 2.17. The molecule has 0 atom stereocenters. The summed E-state index contributed by atoms with van der Waals surface area (Å²) in [5.41, 5.74) is 0.703. The number of rotatable bonds is 5. The van der Waals surface area contributed by atoms with Gasteiger partial charge in [0.1, 0.15) is 0 Å². The number of carbonyl (C=O) groups excluding carboxylic acids is 1. The second-order valence-corrected chi connectivity index (χ2v) is 6.87. The third-order valence-electron chi connectivity index (χ3n) is 3.82. The van der Waals surface area contributed by atoms with Crippen molar-refractivity contribution in [3.8, 4) is 5.69 Å². The van der Waals surface area contributed by atoms with Gasteiger partial charge in [0, 0.05) is 6.04 Å². The molecule has 0 spiro atoms. The van der Waals surface area contributed by atoms with Crippen LogP contribution in [0.4, 0.5) is 0 Å². The van der Waals surface area contributed by atoms with Crippen LogP contribution in [0.25, 0.3) is 5.69 Å². The average molecular weight is 352 g/mol. The number of nitrogens with one attached hydrogen (secondary N) is 1. The number of halogens is 1. The van der Waals surface area contributed by atoms with Crippen LogP contribution in [0.2, 0.25) is 5.02 Å². The van der Waals surface area contributed by atoms with Crippen molar-refractivity contribution in [1.29, 1.82) is 0 Å². The number of tetrazole rings is 1. The van der Waals surface area contributed by atoms with Crippen molar-refractivity contribution >= 4 is 29.3 Å². The third-order valence-corrected chi connectivity index (χ3v) is 5.06. The highest BCUT2D eigenvalue weighted by atomic mass is 35.5. The molecule has 1 N–H and O–H groups in total. The van der Waals surface area contributed by atoms with Crippen molar-refractivity contribution in [2.24, 2.45) is 0 Å². The summed E-state index contributed by atoms with van der Waals surface area (Å²) >= 11 is 7.48. The second kappa shape index (κ2) is 7.79. The molecular weight excluding hydrogens is 334 g/mol. The molecule has 3 rings (SSSR count). The van der Waals surface area contributed by atoms with E-state index >= 15 is 0 Å². The van der Waals surface area contributed by atoms with Crippen molar-refractivity contribution in [3.05, 3.63) is 29.3 Å². The molecule has 0 radical (unpaired) electrons. The molecule has 122 valence electrons. The van der Waals surface area contributed by atoms with Gasteiger partial charge in [-0.25, -0.2) is 0 Å². The Morgan fingerprint density at radius 3 is 2.87 bits per heavy atom. The second-order valence-electron chi connectivity index (χ2n) is 5.52. The van der Waals surface area contributed by atoms with Crippen molar-refractivity contribution < 1.29 is 4.79 Å². The van der Waals surface area contributed by atoms with Crippen LogP contribution in [0.15, 0.2) is 29.4 Å². The largest absolute Gasteiger partial charge is 0.353 e. The number of hydrogen-bond donors (Lipinski definition) is 1. The van der Waals surface area contributed by atoms with E-state index in [2.05, 4.69) is 20.8 Å². The Morgan fingerprint density at radius 2 is 2.09 bits per heavy atom. The maximum absolute atomic E-state index is 12.1. The molecule has 0 saturated heterocycles. The SMILES string of the molecule is O=C(CSc1nnnn1-c1ccccc1Cl)NC1CCCCC1. The number of amides is 1. The Kier molecular flexibility index (Phi) is 5.51. The summed E-state index contributed by atoms with van der Waals surface area (Å²) in [7, 11) is 0. The maximum Gasteiger partial charge on any atom is 0.230 e. The third kappa shape index (κ3) is 4.23. The fraction of sp³-hybridized carbons (Fsp3) is 0.467. The van der Waals surface area contributed by atoms with Crippen molar-refractivity contribution in [2.75, 3.05) is 5.75 Å². The molecule has 1 aromatic carbocycles. The Hall–Kier alpha value is -1.60. The first-order chi connectivity index (χ1) is 11.2. The molecule has 2 aromatic rings. The topological polar surface area (TPSA) is 72.7 Å². The lowest BCUT2D eigenvalue weighted by atomic mass is 9.95. The molecule has 1 amide bonds. The molecule has 1 fully saturated rings. The van der Waals surface area contributed by atoms with Gasteiger partial charge in [-0.15, -0.1) is 5.10 Å². The van der Waals surface area contributed by atoms with Crippen LogP contribution in [0.1, 0.15) is 32.1 Å². The summed E-state index contributed by atoms with van der Waals surface area (Å²) in [5.74, 6) is 0.317. The predicted octanol–water partition coefficient (Wildman–Crippen LogP) is 2.86. The number of thioether (sulfide) groups is 1. The van der Waals surface area contributed by atoms with E-state index in [1.165, 1.54) is 31.0 Å². The fourth-order valence-electron chi connectivity index (χ4n) is 2.69. The molecule has 0 unspecified atom stereocenters. The summed E-state index contributed by atoms with van der Waals surface area (Å²) in [5, 5.41) is 15.8. The minimum Gasteiger partial charge on any atom is -0.353 e. The average Bonchev–Trinajstić information content (AvgIpc) is 3.03. The first-order valence-corrected chi connectivity index (χ1v) is 9.06. The van der Waals surface area contributed by atoms with Gasteiger partial charge in [-0.05, 0) is 35.4 Å². The summed E-state index contributed by atoms with van der Waals surface area (Å²) in [6.07, 6.45) is 5.82. The van der Waals surface area contributed by atoms with Crippen molar-refractivity contribution in [3.63, 3.8) is 0 Å². The van der Waals surface area contributed by atoms with Gasteiger partial charge in [0.2, 0.25) is 11.1 Å². The van der Waals surface area contributed by atoms with E-state index in [1.54, 1.807) is 10.7 Å². The Labute approximate surface area is 144 Å². The van der Waals surface area contributed by atoms with Crippen LogP contribution in [-0.2, 0) is 4.79 Å². The molecule has 8 heteroatoms.